The number of nitrogens with zero attached hydrogens (tertiary/aromatic N) is 1. The van der Waals surface area contributed by atoms with Gasteiger partial charge in [0.05, 0.1) is 11.7 Å². The Morgan fingerprint density at radius 1 is 0.853 bits per heavy atom. The Kier molecular flexibility index (Phi) is 4.80. The van der Waals surface area contributed by atoms with Gasteiger partial charge in [-0.15, -0.1) is 0 Å². The Balaban J connectivity index is 1.58. The van der Waals surface area contributed by atoms with E-state index in [9.17, 15) is 9.18 Å². The molecule has 0 fully saturated rings. The Morgan fingerprint density at radius 3 is 2.35 bits per heavy atom. The number of aromatic amines is 1. The van der Waals surface area contributed by atoms with Gasteiger partial charge in [-0.2, -0.15) is 0 Å². The smallest absolute Gasteiger partial charge is 0.255 e. The zero-order valence-corrected chi connectivity index (χ0v) is 18.8. The van der Waals surface area contributed by atoms with E-state index in [2.05, 4.69) is 48.3 Å². The summed E-state index contributed by atoms with van der Waals surface area (Å²) in [6.45, 7) is 2.47. The highest BCUT2D eigenvalue weighted by molar-refractivity contribution is 6.02. The van der Waals surface area contributed by atoms with Crippen LogP contribution in [0.3, 0.4) is 0 Å². The number of nitrogens with one attached hydrogen (secondary N) is 1. The van der Waals surface area contributed by atoms with E-state index in [0.29, 0.717) is 6.54 Å². The number of benzene rings is 4. The lowest BCUT2D eigenvalue weighted by molar-refractivity contribution is 0.0737. The van der Waals surface area contributed by atoms with E-state index in [0.717, 1.165) is 44.4 Å². The fraction of sp³-hybridized carbons (Fsp3) is 0.100. The molecule has 0 spiro atoms. The first kappa shape index (κ1) is 20.4. The highest BCUT2D eigenvalue weighted by Crippen LogP contribution is 2.46. The molecule has 5 aromatic rings. The largest absolute Gasteiger partial charge is 0.354 e. The SMILES string of the molecule is Cc1ccc(-c2[nH]c3ccccc3c2[C@@H]2c3ccccc3C(=O)N2Cc2ccc(F)cc2)cc1. The summed E-state index contributed by atoms with van der Waals surface area (Å²) in [6.07, 6.45) is 0. The van der Waals surface area contributed by atoms with Gasteiger partial charge in [0.15, 0.2) is 0 Å². The number of halogens is 1. The molecule has 0 bridgehead atoms. The van der Waals surface area contributed by atoms with E-state index in [1.165, 1.54) is 17.7 Å². The molecule has 34 heavy (non-hydrogen) atoms. The van der Waals surface area contributed by atoms with Crippen LogP contribution >= 0.6 is 0 Å². The summed E-state index contributed by atoms with van der Waals surface area (Å²) in [6, 6.07) is 30.7. The van der Waals surface area contributed by atoms with Crippen molar-refractivity contribution in [2.24, 2.45) is 0 Å². The van der Waals surface area contributed by atoms with Crippen LogP contribution in [0.2, 0.25) is 0 Å². The molecule has 4 aromatic carbocycles. The summed E-state index contributed by atoms with van der Waals surface area (Å²) in [5.74, 6) is -0.292. The standard InChI is InChI=1S/C30H23FN2O/c1-19-10-14-21(15-11-19)28-27(25-8-4-5-9-26(25)32-28)29-23-6-2-3-7-24(23)30(34)33(29)18-20-12-16-22(31)17-13-20/h2-17,29,32H,18H2,1H3/t29-/m0/s1. The van der Waals surface area contributed by atoms with Crippen LogP contribution in [0.4, 0.5) is 4.39 Å². The van der Waals surface area contributed by atoms with E-state index < -0.39 is 0 Å². The molecule has 0 radical (unpaired) electrons. The van der Waals surface area contributed by atoms with E-state index >= 15 is 0 Å². The molecular weight excluding hydrogens is 423 g/mol. The number of aromatic nitrogens is 1. The zero-order valence-electron chi connectivity index (χ0n) is 18.8. The van der Waals surface area contributed by atoms with Gasteiger partial charge in [0.2, 0.25) is 0 Å². The second-order valence-corrected chi connectivity index (χ2v) is 8.87. The van der Waals surface area contributed by atoms with E-state index in [1.54, 1.807) is 12.1 Å². The van der Waals surface area contributed by atoms with Crippen LogP contribution in [-0.2, 0) is 6.54 Å². The molecule has 1 atom stereocenters. The molecule has 1 N–H and O–H groups in total. The quantitative estimate of drug-likeness (QED) is 0.316. The lowest BCUT2D eigenvalue weighted by Gasteiger charge is -2.27. The molecule has 0 saturated heterocycles. The average Bonchev–Trinajstić information content (AvgIpc) is 3.36. The Hall–Kier alpha value is -4.18. The van der Waals surface area contributed by atoms with Gasteiger partial charge in [0, 0.05) is 28.6 Å². The minimum atomic E-state index is -0.283. The second-order valence-electron chi connectivity index (χ2n) is 8.87. The minimum absolute atomic E-state index is 0.00920. The average molecular weight is 447 g/mol. The summed E-state index contributed by atoms with van der Waals surface area (Å²) in [7, 11) is 0. The van der Waals surface area contributed by atoms with Gasteiger partial charge in [-0.05, 0) is 47.9 Å². The van der Waals surface area contributed by atoms with Gasteiger partial charge < -0.3 is 9.88 Å². The summed E-state index contributed by atoms with van der Waals surface area (Å²) >= 11 is 0. The summed E-state index contributed by atoms with van der Waals surface area (Å²) < 4.78 is 13.6. The Bertz CT molecular complexity index is 1520. The number of hydrogen-bond acceptors (Lipinski definition) is 1. The normalized spacial score (nSPS) is 15.2. The van der Waals surface area contributed by atoms with Gasteiger partial charge in [-0.25, -0.2) is 4.39 Å². The van der Waals surface area contributed by atoms with Crippen LogP contribution in [0.25, 0.3) is 22.2 Å². The first-order chi connectivity index (χ1) is 16.6. The minimum Gasteiger partial charge on any atom is -0.354 e. The number of H-pyrrole nitrogens is 1. The molecule has 3 nitrogen and oxygen atoms in total. The fourth-order valence-corrected chi connectivity index (χ4v) is 5.03. The van der Waals surface area contributed by atoms with Crippen molar-refractivity contribution in [3.63, 3.8) is 0 Å². The zero-order chi connectivity index (χ0) is 23.2. The molecule has 0 unspecified atom stereocenters. The lowest BCUT2D eigenvalue weighted by atomic mass is 9.93. The maximum atomic E-state index is 13.6. The third-order valence-corrected chi connectivity index (χ3v) is 6.68. The van der Waals surface area contributed by atoms with Crippen LogP contribution in [0, 0.1) is 12.7 Å². The summed E-state index contributed by atoms with van der Waals surface area (Å²) in [5, 5.41) is 1.09. The third-order valence-electron chi connectivity index (χ3n) is 6.68. The molecule has 1 aliphatic heterocycles. The van der Waals surface area contributed by atoms with Crippen molar-refractivity contribution in [1.29, 1.82) is 0 Å². The van der Waals surface area contributed by atoms with Gasteiger partial charge in [0.25, 0.3) is 5.91 Å². The lowest BCUT2D eigenvalue weighted by Crippen LogP contribution is -2.28. The molecule has 6 rings (SSSR count). The molecule has 1 amide bonds. The van der Waals surface area contributed by atoms with Crippen LogP contribution in [0.1, 0.15) is 38.7 Å². The first-order valence-electron chi connectivity index (χ1n) is 11.4. The second kappa shape index (κ2) is 7.99. The number of aryl methyl sites for hydroxylation is 1. The predicted molar refractivity (Wildman–Crippen MR) is 133 cm³/mol. The Morgan fingerprint density at radius 2 is 1.56 bits per heavy atom. The number of para-hydroxylation sites is 1. The maximum absolute atomic E-state index is 13.6. The number of rotatable bonds is 4. The van der Waals surface area contributed by atoms with Crippen molar-refractivity contribution in [3.8, 4) is 11.3 Å². The summed E-state index contributed by atoms with van der Waals surface area (Å²) in [5.41, 5.74) is 8.01. The van der Waals surface area contributed by atoms with Crippen molar-refractivity contribution >= 4 is 16.8 Å². The van der Waals surface area contributed by atoms with Gasteiger partial charge in [0.1, 0.15) is 5.82 Å². The van der Waals surface area contributed by atoms with Crippen LogP contribution < -0.4 is 0 Å². The molecular formula is C30H23FN2O. The number of carbonyl (C=O) groups is 1. The topological polar surface area (TPSA) is 36.1 Å². The number of carbonyl (C=O) groups excluding carboxylic acids is 1. The maximum Gasteiger partial charge on any atom is 0.255 e. The number of fused-ring (bicyclic) bond motifs is 2. The first-order valence-corrected chi connectivity index (χ1v) is 11.4. The monoisotopic (exact) mass is 446 g/mol. The van der Waals surface area contributed by atoms with Crippen molar-refractivity contribution in [1.82, 2.24) is 9.88 Å². The predicted octanol–water partition coefficient (Wildman–Crippen LogP) is 7.03. The fourth-order valence-electron chi connectivity index (χ4n) is 5.03. The van der Waals surface area contributed by atoms with E-state index in [1.807, 2.05) is 41.3 Å². The Labute approximate surface area is 197 Å². The molecule has 166 valence electrons. The van der Waals surface area contributed by atoms with E-state index in [4.69, 9.17) is 0 Å². The molecule has 0 saturated carbocycles. The highest BCUT2D eigenvalue weighted by atomic mass is 19.1. The number of amides is 1. The van der Waals surface area contributed by atoms with Gasteiger partial charge in [-0.3, -0.25) is 4.79 Å². The van der Waals surface area contributed by atoms with E-state index in [-0.39, 0.29) is 17.8 Å². The van der Waals surface area contributed by atoms with Crippen molar-refractivity contribution in [3.05, 3.63) is 131 Å². The highest BCUT2D eigenvalue weighted by Gasteiger charge is 2.40. The van der Waals surface area contributed by atoms with Crippen molar-refractivity contribution in [2.45, 2.75) is 19.5 Å². The van der Waals surface area contributed by atoms with Gasteiger partial charge >= 0.3 is 0 Å². The molecule has 4 heteroatoms. The number of hydrogen-bond donors (Lipinski definition) is 1. The molecule has 0 aliphatic carbocycles. The van der Waals surface area contributed by atoms with Crippen LogP contribution in [0.15, 0.2) is 97.1 Å². The van der Waals surface area contributed by atoms with Crippen LogP contribution in [0.5, 0.6) is 0 Å². The molecule has 2 heterocycles. The summed E-state index contributed by atoms with van der Waals surface area (Å²) in [4.78, 5) is 19.2. The van der Waals surface area contributed by atoms with Gasteiger partial charge in [-0.1, -0.05) is 78.4 Å². The molecule has 1 aliphatic rings. The van der Waals surface area contributed by atoms with Crippen molar-refractivity contribution < 1.29 is 9.18 Å². The molecule has 1 aromatic heterocycles. The van der Waals surface area contributed by atoms with Crippen LogP contribution in [-0.4, -0.2) is 15.8 Å². The van der Waals surface area contributed by atoms with Crippen molar-refractivity contribution in [2.75, 3.05) is 0 Å². The third kappa shape index (κ3) is 3.30.